The molecule has 0 aromatic heterocycles. The van der Waals surface area contributed by atoms with E-state index in [0.29, 0.717) is 25.2 Å². The highest BCUT2D eigenvalue weighted by molar-refractivity contribution is 5.78. The summed E-state index contributed by atoms with van der Waals surface area (Å²) in [5.41, 5.74) is 7.16. The summed E-state index contributed by atoms with van der Waals surface area (Å²) in [6.45, 7) is 2.09. The molecule has 1 aliphatic carbocycles. The summed E-state index contributed by atoms with van der Waals surface area (Å²) in [5, 5.41) is 30.5. The topological polar surface area (TPSA) is 116 Å². The summed E-state index contributed by atoms with van der Waals surface area (Å²) in [7, 11) is 0. The first-order valence-corrected chi connectivity index (χ1v) is 9.09. The zero-order valence-electron chi connectivity index (χ0n) is 15.1. The van der Waals surface area contributed by atoms with Crippen LogP contribution in [0.3, 0.4) is 0 Å². The van der Waals surface area contributed by atoms with Crippen molar-refractivity contribution in [3.63, 3.8) is 0 Å². The number of nitrogens with one attached hydrogen (secondary N) is 1. The number of hydrogen-bond acceptors (Lipinski definition) is 5. The first kappa shape index (κ1) is 20.8. The third-order valence-corrected chi connectivity index (χ3v) is 5.57. The Hall–Kier alpha value is -1.54. The Bertz CT molecular complexity index is 588. The molecule has 3 atom stereocenters. The van der Waals surface area contributed by atoms with Crippen LogP contribution in [0.15, 0.2) is 24.3 Å². The van der Waals surface area contributed by atoms with Crippen molar-refractivity contribution in [2.75, 3.05) is 0 Å². The number of carbonyl (C=O) groups excluding carboxylic acids is 1. The number of benzene rings is 1. The predicted molar refractivity (Wildman–Crippen MR) is 94.7 cm³/mol. The van der Waals surface area contributed by atoms with Gasteiger partial charge in [-0.1, -0.05) is 19.1 Å². The van der Waals surface area contributed by atoms with Crippen molar-refractivity contribution in [1.82, 2.24) is 5.48 Å². The average Bonchev–Trinajstić information content (AvgIpc) is 2.63. The highest BCUT2D eigenvalue weighted by Crippen LogP contribution is 2.39. The van der Waals surface area contributed by atoms with Gasteiger partial charge in [-0.25, -0.2) is 9.87 Å². The smallest absolute Gasteiger partial charge is 0.249 e. The van der Waals surface area contributed by atoms with Gasteiger partial charge in [0, 0.05) is 6.04 Å². The van der Waals surface area contributed by atoms with Gasteiger partial charge in [0.1, 0.15) is 5.82 Å². The summed E-state index contributed by atoms with van der Waals surface area (Å²) in [4.78, 5) is 12.1. The fourth-order valence-corrected chi connectivity index (χ4v) is 3.70. The number of hydroxylamine groups is 1. The molecule has 2 rings (SSSR count). The fraction of sp³-hybridized carbons (Fsp3) is 0.632. The number of nitrogens with two attached hydrogens (primary N) is 1. The summed E-state index contributed by atoms with van der Waals surface area (Å²) in [6.07, 6.45) is 1.64. The second kappa shape index (κ2) is 8.90. The minimum absolute atomic E-state index is 0.0559. The van der Waals surface area contributed by atoms with Gasteiger partial charge in [0.15, 0.2) is 0 Å². The zero-order valence-corrected chi connectivity index (χ0v) is 15.1. The Kier molecular flexibility index (Phi) is 7.11. The molecule has 0 heterocycles. The van der Waals surface area contributed by atoms with E-state index in [1.807, 2.05) is 0 Å². The third-order valence-electron chi connectivity index (χ3n) is 5.57. The van der Waals surface area contributed by atoms with Gasteiger partial charge in [-0.2, -0.15) is 0 Å². The Balaban J connectivity index is 2.04. The maximum Gasteiger partial charge on any atom is 0.249 e. The van der Waals surface area contributed by atoms with E-state index in [4.69, 9.17) is 10.9 Å². The quantitative estimate of drug-likeness (QED) is 0.370. The standard InChI is InChI=1S/C19H29FN2O4/c1-12-6-8-19(25,9-7-12)15(18(24)22-26)11-17(23)16(21)10-13-2-4-14(20)5-3-13/h2-5,12,15-17,23,25-26H,6-11,21H2,1H3,(H,22,24). The van der Waals surface area contributed by atoms with Gasteiger partial charge in [-0.05, 0) is 62.1 Å². The fourth-order valence-electron chi connectivity index (χ4n) is 3.70. The molecule has 3 unspecified atom stereocenters. The van der Waals surface area contributed by atoms with Crippen molar-refractivity contribution < 1.29 is 24.6 Å². The van der Waals surface area contributed by atoms with Gasteiger partial charge >= 0.3 is 0 Å². The normalized spacial score (nSPS) is 26.8. The van der Waals surface area contributed by atoms with E-state index in [9.17, 15) is 19.4 Å². The molecule has 1 fully saturated rings. The van der Waals surface area contributed by atoms with E-state index >= 15 is 0 Å². The Labute approximate surface area is 153 Å². The molecule has 6 N–H and O–H groups in total. The lowest BCUT2D eigenvalue weighted by Crippen LogP contribution is -2.51. The second-order valence-corrected chi connectivity index (χ2v) is 7.61. The van der Waals surface area contributed by atoms with Crippen LogP contribution < -0.4 is 11.2 Å². The number of halogens is 1. The van der Waals surface area contributed by atoms with Gasteiger partial charge < -0.3 is 15.9 Å². The molecule has 0 aliphatic heterocycles. The number of carbonyl (C=O) groups is 1. The maximum absolute atomic E-state index is 13.0. The molecule has 146 valence electrons. The molecule has 1 aromatic carbocycles. The summed E-state index contributed by atoms with van der Waals surface area (Å²) in [5.74, 6) is -1.54. The largest absolute Gasteiger partial charge is 0.391 e. The van der Waals surface area contributed by atoms with E-state index in [-0.39, 0.29) is 12.2 Å². The molecular formula is C19H29FN2O4. The van der Waals surface area contributed by atoms with Crippen molar-refractivity contribution in [2.24, 2.45) is 17.6 Å². The molecule has 1 aliphatic rings. The van der Waals surface area contributed by atoms with Gasteiger partial charge in [-0.3, -0.25) is 10.0 Å². The summed E-state index contributed by atoms with van der Waals surface area (Å²) >= 11 is 0. The number of aliphatic hydroxyl groups is 2. The molecule has 7 heteroatoms. The lowest BCUT2D eigenvalue weighted by Gasteiger charge is -2.41. The van der Waals surface area contributed by atoms with Crippen LogP contribution in [0, 0.1) is 17.7 Å². The van der Waals surface area contributed by atoms with E-state index in [1.165, 1.54) is 12.1 Å². The van der Waals surface area contributed by atoms with E-state index in [0.717, 1.165) is 18.4 Å². The molecule has 0 spiro atoms. The molecular weight excluding hydrogens is 339 g/mol. The van der Waals surface area contributed by atoms with E-state index in [1.54, 1.807) is 17.6 Å². The monoisotopic (exact) mass is 368 g/mol. The molecule has 1 aromatic rings. The van der Waals surface area contributed by atoms with Crippen LogP contribution in [-0.2, 0) is 11.2 Å². The number of hydrogen-bond donors (Lipinski definition) is 5. The molecule has 0 saturated heterocycles. The molecule has 0 bridgehead atoms. The molecule has 0 radical (unpaired) electrons. The van der Waals surface area contributed by atoms with Crippen LogP contribution in [-0.4, -0.2) is 39.1 Å². The van der Waals surface area contributed by atoms with Crippen molar-refractivity contribution in [1.29, 1.82) is 0 Å². The highest BCUT2D eigenvalue weighted by atomic mass is 19.1. The van der Waals surface area contributed by atoms with Gasteiger partial charge in [0.25, 0.3) is 0 Å². The van der Waals surface area contributed by atoms with Gasteiger partial charge in [0.05, 0.1) is 17.6 Å². The zero-order chi connectivity index (χ0) is 19.3. The van der Waals surface area contributed by atoms with Crippen LogP contribution in [0.5, 0.6) is 0 Å². The summed E-state index contributed by atoms with van der Waals surface area (Å²) in [6, 6.07) is 5.15. The van der Waals surface area contributed by atoms with Crippen LogP contribution >= 0.6 is 0 Å². The van der Waals surface area contributed by atoms with Crippen LogP contribution in [0.4, 0.5) is 4.39 Å². The lowest BCUT2D eigenvalue weighted by atomic mass is 9.70. The second-order valence-electron chi connectivity index (χ2n) is 7.61. The first-order chi connectivity index (χ1) is 12.2. The third kappa shape index (κ3) is 5.23. The lowest BCUT2D eigenvalue weighted by molar-refractivity contribution is -0.150. The Morgan fingerprint density at radius 3 is 2.46 bits per heavy atom. The minimum Gasteiger partial charge on any atom is -0.391 e. The van der Waals surface area contributed by atoms with E-state index < -0.39 is 29.6 Å². The first-order valence-electron chi connectivity index (χ1n) is 9.09. The van der Waals surface area contributed by atoms with Crippen molar-refractivity contribution in [2.45, 2.75) is 63.2 Å². The van der Waals surface area contributed by atoms with Crippen LogP contribution in [0.25, 0.3) is 0 Å². The van der Waals surface area contributed by atoms with Crippen molar-refractivity contribution in [3.05, 3.63) is 35.6 Å². The predicted octanol–water partition coefficient (Wildman–Crippen LogP) is 1.51. The number of amides is 1. The SMILES string of the molecule is CC1CCC(O)(C(CC(O)C(N)Cc2ccc(F)cc2)C(=O)NO)CC1. The minimum atomic E-state index is -1.27. The summed E-state index contributed by atoms with van der Waals surface area (Å²) < 4.78 is 13.0. The number of aliphatic hydroxyl groups excluding tert-OH is 1. The van der Waals surface area contributed by atoms with Crippen LogP contribution in [0.1, 0.15) is 44.6 Å². The Morgan fingerprint density at radius 2 is 1.92 bits per heavy atom. The van der Waals surface area contributed by atoms with E-state index in [2.05, 4.69) is 6.92 Å². The highest BCUT2D eigenvalue weighted by Gasteiger charge is 2.44. The Morgan fingerprint density at radius 1 is 1.35 bits per heavy atom. The average molecular weight is 368 g/mol. The molecule has 1 saturated carbocycles. The molecule has 26 heavy (non-hydrogen) atoms. The van der Waals surface area contributed by atoms with Gasteiger partial charge in [0.2, 0.25) is 5.91 Å². The maximum atomic E-state index is 13.0. The molecule has 1 amide bonds. The van der Waals surface area contributed by atoms with Crippen molar-refractivity contribution in [3.8, 4) is 0 Å². The van der Waals surface area contributed by atoms with Crippen LogP contribution in [0.2, 0.25) is 0 Å². The van der Waals surface area contributed by atoms with Crippen molar-refractivity contribution >= 4 is 5.91 Å². The van der Waals surface area contributed by atoms with Gasteiger partial charge in [-0.15, -0.1) is 0 Å². The molecule has 6 nitrogen and oxygen atoms in total. The number of rotatable bonds is 7.